The van der Waals surface area contributed by atoms with E-state index >= 15 is 0 Å². The topological polar surface area (TPSA) is 46.4 Å². The molecular weight excluding hydrogens is 132 g/mol. The monoisotopic (exact) mass is 142 g/mol. The minimum absolute atomic E-state index is 0.0121. The molecule has 0 amide bonds. The highest BCUT2D eigenvalue weighted by Gasteiger charge is 2.43. The van der Waals surface area contributed by atoms with E-state index in [1.54, 1.807) is 0 Å². The molecule has 0 heterocycles. The Morgan fingerprint density at radius 2 is 1.90 bits per heavy atom. The molecule has 10 heavy (non-hydrogen) atoms. The molecule has 0 aromatic heterocycles. The second-order valence-corrected chi connectivity index (χ2v) is 3.07. The number of rotatable bonds is 3. The molecule has 2 aliphatic carbocycles. The van der Waals surface area contributed by atoms with Crippen LogP contribution in [0.1, 0.15) is 25.7 Å². The predicted molar refractivity (Wildman–Crippen MR) is 34.9 cm³/mol. The molecule has 0 atom stereocenters. The van der Waals surface area contributed by atoms with Crippen LogP contribution in [0.3, 0.4) is 0 Å². The molecule has 4 nitrogen and oxygen atoms in total. The molecule has 0 spiro atoms. The van der Waals surface area contributed by atoms with E-state index in [9.17, 15) is 10.1 Å². The van der Waals surface area contributed by atoms with Gasteiger partial charge in [0.2, 0.25) is 6.04 Å². The highest BCUT2D eigenvalue weighted by molar-refractivity contribution is 4.81. The lowest BCUT2D eigenvalue weighted by atomic mass is 10.7. The summed E-state index contributed by atoms with van der Waals surface area (Å²) in [4.78, 5) is 11.5. The minimum Gasteiger partial charge on any atom is -0.704 e. The van der Waals surface area contributed by atoms with E-state index in [1.165, 1.54) is 0 Å². The molecule has 0 radical (unpaired) electrons. The molecule has 0 aliphatic heterocycles. The molecule has 2 aliphatic rings. The molecule has 56 valence electrons. The Labute approximate surface area is 58.9 Å². The number of hydrogen-bond acceptors (Lipinski definition) is 2. The van der Waals surface area contributed by atoms with Crippen LogP contribution in [-0.4, -0.2) is 22.1 Å². The summed E-state index contributed by atoms with van der Waals surface area (Å²) in [5, 5.41) is 11.5. The van der Waals surface area contributed by atoms with Gasteiger partial charge < -0.3 is 5.21 Å². The Balaban J connectivity index is 1.89. The highest BCUT2D eigenvalue weighted by Crippen LogP contribution is 2.31. The first-order valence-corrected chi connectivity index (χ1v) is 3.71. The Hall–Kier alpha value is -0.640. The summed E-state index contributed by atoms with van der Waals surface area (Å²) in [5.41, 5.74) is 0. The Morgan fingerprint density at radius 1 is 1.30 bits per heavy atom. The van der Waals surface area contributed by atoms with Gasteiger partial charge in [-0.15, -0.1) is 0 Å². The van der Waals surface area contributed by atoms with Crippen molar-refractivity contribution in [3.05, 3.63) is 10.1 Å². The van der Waals surface area contributed by atoms with Gasteiger partial charge in [0.05, 0.1) is 10.9 Å². The number of nitroso groups, excluding NO2 is 1. The molecule has 2 saturated carbocycles. The molecule has 2 fully saturated rings. The van der Waals surface area contributed by atoms with Crippen LogP contribution in [0.15, 0.2) is 0 Å². The van der Waals surface area contributed by atoms with Crippen LogP contribution in [0.25, 0.3) is 0 Å². The lowest BCUT2D eigenvalue weighted by molar-refractivity contribution is -0.708. The van der Waals surface area contributed by atoms with Crippen molar-refractivity contribution in [2.24, 2.45) is 0 Å². The molecular formula is C6H10N2O2. The van der Waals surface area contributed by atoms with Crippen molar-refractivity contribution in [2.75, 3.05) is 0 Å². The largest absolute Gasteiger partial charge is 0.704 e. The van der Waals surface area contributed by atoms with Gasteiger partial charge in [-0.3, -0.25) is 0 Å². The SMILES string of the molecule is O=[N+](C1CC1)N([O-])C1CC1. The first kappa shape index (κ1) is 6.09. The molecule has 4 heteroatoms. The van der Waals surface area contributed by atoms with E-state index < -0.39 is 0 Å². The molecule has 0 saturated heterocycles. The van der Waals surface area contributed by atoms with Gasteiger partial charge in [0.25, 0.3) is 0 Å². The third-order valence-corrected chi connectivity index (χ3v) is 1.91. The van der Waals surface area contributed by atoms with E-state index in [2.05, 4.69) is 0 Å². The maximum Gasteiger partial charge on any atom is 0.234 e. The molecule has 0 N–H and O–H groups in total. The summed E-state index contributed by atoms with van der Waals surface area (Å²) in [5.74, 6) is 0. The van der Waals surface area contributed by atoms with Crippen LogP contribution in [0.5, 0.6) is 0 Å². The van der Waals surface area contributed by atoms with Crippen molar-refractivity contribution in [3.63, 3.8) is 0 Å². The zero-order valence-corrected chi connectivity index (χ0v) is 5.69. The Kier molecular flexibility index (Phi) is 1.17. The van der Waals surface area contributed by atoms with E-state index in [0.717, 1.165) is 25.7 Å². The summed E-state index contributed by atoms with van der Waals surface area (Å²) in [6, 6.07) is 0.0243. The van der Waals surface area contributed by atoms with Crippen LogP contribution in [-0.2, 0) is 0 Å². The zero-order valence-electron chi connectivity index (χ0n) is 5.69. The number of nitrogens with zero attached hydrogens (tertiary/aromatic N) is 2. The average Bonchev–Trinajstić information content (AvgIpc) is 2.73. The second-order valence-electron chi connectivity index (χ2n) is 3.07. The van der Waals surface area contributed by atoms with Crippen LogP contribution < -0.4 is 0 Å². The third kappa shape index (κ3) is 0.988. The van der Waals surface area contributed by atoms with Crippen LogP contribution >= 0.6 is 0 Å². The maximum atomic E-state index is 10.9. The van der Waals surface area contributed by atoms with Gasteiger partial charge in [-0.05, 0) is 12.8 Å². The molecule has 0 aromatic rings. The fourth-order valence-corrected chi connectivity index (χ4v) is 0.913. The van der Waals surface area contributed by atoms with Gasteiger partial charge >= 0.3 is 0 Å². The first-order chi connectivity index (χ1) is 4.79. The summed E-state index contributed by atoms with van der Waals surface area (Å²) in [7, 11) is 0. The van der Waals surface area contributed by atoms with Gasteiger partial charge in [-0.1, -0.05) is 0 Å². The number of hydroxylamine groups is 1. The molecule has 0 bridgehead atoms. The van der Waals surface area contributed by atoms with Crippen molar-refractivity contribution < 1.29 is 4.87 Å². The number of hydrazine groups is 1. The fraction of sp³-hybridized carbons (Fsp3) is 1.00. The van der Waals surface area contributed by atoms with Crippen molar-refractivity contribution in [1.82, 2.24) is 5.17 Å². The maximum absolute atomic E-state index is 10.9. The highest BCUT2D eigenvalue weighted by atomic mass is 16.6. The summed E-state index contributed by atoms with van der Waals surface area (Å²) < 4.78 is 0. The molecule has 0 unspecified atom stereocenters. The van der Waals surface area contributed by atoms with Crippen molar-refractivity contribution in [3.8, 4) is 0 Å². The van der Waals surface area contributed by atoms with Crippen LogP contribution in [0.2, 0.25) is 0 Å². The van der Waals surface area contributed by atoms with Gasteiger partial charge in [0.1, 0.15) is 4.87 Å². The standard InChI is InChI=1S/C6H10N2O2/c9-7(5-1-2-5)8(10)6-3-4-6/h5-6H,1-4H2. The Morgan fingerprint density at radius 3 is 2.30 bits per heavy atom. The van der Waals surface area contributed by atoms with Crippen LogP contribution in [0.4, 0.5) is 0 Å². The zero-order chi connectivity index (χ0) is 7.14. The van der Waals surface area contributed by atoms with E-state index in [-0.39, 0.29) is 12.1 Å². The predicted octanol–water partition coefficient (Wildman–Crippen LogP) is 0.805. The number of hydrogen-bond donors (Lipinski definition) is 0. The second kappa shape index (κ2) is 1.92. The summed E-state index contributed by atoms with van der Waals surface area (Å²) in [6.07, 6.45) is 3.59. The van der Waals surface area contributed by atoms with Crippen LogP contribution in [0, 0.1) is 10.1 Å². The van der Waals surface area contributed by atoms with Crippen molar-refractivity contribution in [1.29, 1.82) is 0 Å². The summed E-state index contributed by atoms with van der Waals surface area (Å²) >= 11 is 0. The van der Waals surface area contributed by atoms with Gasteiger partial charge in [0.15, 0.2) is 0 Å². The smallest absolute Gasteiger partial charge is 0.234 e. The average molecular weight is 142 g/mol. The molecule has 0 aromatic carbocycles. The Bertz CT molecular complexity index is 163. The van der Waals surface area contributed by atoms with Gasteiger partial charge in [0, 0.05) is 12.8 Å². The lowest BCUT2D eigenvalue weighted by Crippen LogP contribution is -2.31. The van der Waals surface area contributed by atoms with Gasteiger partial charge in [-0.25, -0.2) is 0 Å². The molecule has 2 rings (SSSR count). The first-order valence-electron chi connectivity index (χ1n) is 3.71. The fourth-order valence-electron chi connectivity index (χ4n) is 0.913. The quantitative estimate of drug-likeness (QED) is 0.432. The lowest BCUT2D eigenvalue weighted by Gasteiger charge is -2.17. The van der Waals surface area contributed by atoms with E-state index in [1.807, 2.05) is 0 Å². The van der Waals surface area contributed by atoms with Crippen molar-refractivity contribution in [2.45, 2.75) is 37.8 Å². The third-order valence-electron chi connectivity index (χ3n) is 1.91. The minimum atomic E-state index is 0.0121. The van der Waals surface area contributed by atoms with Gasteiger partial charge in [-0.2, -0.15) is 5.17 Å². The normalized spacial score (nSPS) is 24.5. The van der Waals surface area contributed by atoms with Crippen molar-refractivity contribution >= 4 is 0 Å². The van der Waals surface area contributed by atoms with E-state index in [4.69, 9.17) is 0 Å². The summed E-state index contributed by atoms with van der Waals surface area (Å²) in [6.45, 7) is 0. The van der Waals surface area contributed by atoms with E-state index in [0.29, 0.717) is 10.0 Å².